The molecule has 0 aromatic heterocycles. The van der Waals surface area contributed by atoms with Crippen molar-refractivity contribution in [1.29, 1.82) is 0 Å². The maximum absolute atomic E-state index is 12.3. The van der Waals surface area contributed by atoms with E-state index in [-0.39, 0.29) is 5.92 Å². The smallest absolute Gasteiger partial charge is 0.375 e. The van der Waals surface area contributed by atoms with Crippen LogP contribution in [0.5, 0.6) is 0 Å². The van der Waals surface area contributed by atoms with Crippen molar-refractivity contribution in [2.24, 2.45) is 0 Å². The predicted octanol–water partition coefficient (Wildman–Crippen LogP) is 3.76. The average Bonchev–Trinajstić information content (AvgIpc) is 2.29. The first-order chi connectivity index (χ1) is 7.57. The quantitative estimate of drug-likeness (QED) is 0.712. The lowest BCUT2D eigenvalue weighted by atomic mass is 9.93. The van der Waals surface area contributed by atoms with Crippen LogP contribution >= 0.6 is 0 Å². The van der Waals surface area contributed by atoms with Gasteiger partial charge in [0.2, 0.25) is 0 Å². The van der Waals surface area contributed by atoms with Crippen molar-refractivity contribution >= 4 is 0 Å². The molecule has 0 saturated carbocycles. The van der Waals surface area contributed by atoms with E-state index in [0.29, 0.717) is 6.61 Å². The lowest BCUT2D eigenvalue weighted by Crippen LogP contribution is -2.13. The van der Waals surface area contributed by atoms with Gasteiger partial charge in [-0.25, -0.2) is 0 Å². The first-order valence-corrected chi connectivity index (χ1v) is 5.18. The van der Waals surface area contributed by atoms with Crippen LogP contribution in [0.4, 0.5) is 13.2 Å². The first-order valence-electron chi connectivity index (χ1n) is 5.18. The Labute approximate surface area is 92.2 Å². The molecule has 0 N–H and O–H groups in total. The second kappa shape index (κ2) is 4.45. The molecule has 1 aromatic rings. The van der Waals surface area contributed by atoms with Crippen LogP contribution in [0.1, 0.15) is 29.9 Å². The zero-order valence-corrected chi connectivity index (χ0v) is 8.63. The predicted molar refractivity (Wildman–Crippen MR) is 53.7 cm³/mol. The van der Waals surface area contributed by atoms with E-state index in [1.165, 1.54) is 0 Å². The van der Waals surface area contributed by atoms with E-state index < -0.39 is 11.7 Å². The van der Waals surface area contributed by atoms with Gasteiger partial charge >= 0.3 is 6.18 Å². The highest BCUT2D eigenvalue weighted by Gasteiger charge is 2.30. The lowest BCUT2D eigenvalue weighted by Gasteiger charge is -2.22. The van der Waals surface area contributed by atoms with Gasteiger partial charge in [0.05, 0.1) is 18.8 Å². The Morgan fingerprint density at radius 1 is 1.12 bits per heavy atom. The fourth-order valence-electron chi connectivity index (χ4n) is 1.83. The molecule has 0 spiro atoms. The van der Waals surface area contributed by atoms with Gasteiger partial charge < -0.3 is 4.74 Å². The highest BCUT2D eigenvalue weighted by Crippen LogP contribution is 2.32. The lowest BCUT2D eigenvalue weighted by molar-refractivity contribution is -0.137. The molecule has 0 bridgehead atoms. The summed E-state index contributed by atoms with van der Waals surface area (Å²) in [6.45, 7) is 2.31. The van der Waals surface area contributed by atoms with Crippen LogP contribution in [0.15, 0.2) is 24.3 Å². The number of alkyl halides is 3. The molecular formula is C12H12F3O. The Bertz CT molecular complexity index is 336. The molecule has 87 valence electrons. The summed E-state index contributed by atoms with van der Waals surface area (Å²) >= 11 is 0. The topological polar surface area (TPSA) is 9.23 Å². The molecule has 1 aliphatic heterocycles. The van der Waals surface area contributed by atoms with Crippen LogP contribution in [-0.2, 0) is 10.9 Å². The van der Waals surface area contributed by atoms with Crippen molar-refractivity contribution < 1.29 is 17.9 Å². The minimum Gasteiger partial charge on any atom is -0.375 e. The summed E-state index contributed by atoms with van der Waals surface area (Å²) < 4.78 is 42.2. The summed E-state index contributed by atoms with van der Waals surface area (Å²) in [6.07, 6.45) is -2.47. The Morgan fingerprint density at radius 3 is 2.31 bits per heavy atom. The van der Waals surface area contributed by atoms with E-state index >= 15 is 0 Å². The van der Waals surface area contributed by atoms with E-state index in [1.807, 2.05) is 0 Å². The highest BCUT2D eigenvalue weighted by atomic mass is 19.4. The zero-order chi connectivity index (χ0) is 11.6. The Balaban J connectivity index is 2.12. The molecule has 1 heterocycles. The van der Waals surface area contributed by atoms with Crippen LogP contribution in [0, 0.1) is 6.61 Å². The molecule has 4 heteroatoms. The molecule has 0 aliphatic carbocycles. The number of hydrogen-bond acceptors (Lipinski definition) is 1. The molecule has 2 rings (SSSR count). The fraction of sp³-hybridized carbons (Fsp3) is 0.417. The van der Waals surface area contributed by atoms with Crippen LogP contribution in [0.3, 0.4) is 0 Å². The van der Waals surface area contributed by atoms with Crippen molar-refractivity contribution in [2.45, 2.75) is 24.9 Å². The van der Waals surface area contributed by atoms with Gasteiger partial charge in [0.1, 0.15) is 0 Å². The second-order valence-electron chi connectivity index (χ2n) is 3.89. The highest BCUT2D eigenvalue weighted by molar-refractivity contribution is 5.27. The summed E-state index contributed by atoms with van der Waals surface area (Å²) in [5.74, 6) is 0.215. The molecule has 1 aliphatic rings. The van der Waals surface area contributed by atoms with Crippen molar-refractivity contribution in [2.75, 3.05) is 6.61 Å². The minimum atomic E-state index is -4.25. The van der Waals surface area contributed by atoms with E-state index in [2.05, 4.69) is 0 Å². The average molecular weight is 229 g/mol. The fourth-order valence-corrected chi connectivity index (χ4v) is 1.83. The number of ether oxygens (including phenoxy) is 1. The number of hydrogen-bond donors (Lipinski definition) is 0. The monoisotopic (exact) mass is 229 g/mol. The van der Waals surface area contributed by atoms with Gasteiger partial charge in [-0.2, -0.15) is 13.2 Å². The van der Waals surface area contributed by atoms with E-state index in [9.17, 15) is 13.2 Å². The van der Waals surface area contributed by atoms with Crippen molar-refractivity contribution in [3.05, 3.63) is 42.0 Å². The van der Waals surface area contributed by atoms with Gasteiger partial charge in [-0.1, -0.05) is 12.1 Å². The van der Waals surface area contributed by atoms with Gasteiger partial charge in [0, 0.05) is 5.92 Å². The Kier molecular flexibility index (Phi) is 3.19. The third-order valence-electron chi connectivity index (χ3n) is 2.76. The molecule has 1 fully saturated rings. The molecular weight excluding hydrogens is 217 g/mol. The Hall–Kier alpha value is -1.03. The van der Waals surface area contributed by atoms with Crippen LogP contribution < -0.4 is 0 Å². The van der Waals surface area contributed by atoms with Gasteiger partial charge in [-0.05, 0) is 30.5 Å². The number of rotatable bonds is 1. The molecule has 0 amide bonds. The molecule has 1 unspecified atom stereocenters. The third kappa shape index (κ3) is 2.55. The van der Waals surface area contributed by atoms with Gasteiger partial charge in [0.25, 0.3) is 0 Å². The Morgan fingerprint density at radius 2 is 1.81 bits per heavy atom. The standard InChI is InChI=1S/C12H12F3O/c13-12(14,15)11-5-3-9(4-6-11)10-2-1-7-16-8-10/h3-7,10H,1-2,8H2. The maximum atomic E-state index is 12.3. The molecule has 1 nitrogen and oxygen atoms in total. The largest absolute Gasteiger partial charge is 0.416 e. The minimum absolute atomic E-state index is 0.215. The normalized spacial score (nSPS) is 22.1. The SMILES string of the molecule is FC(F)(F)c1ccc(C2CC[CH]OC2)cc1. The summed E-state index contributed by atoms with van der Waals surface area (Å²) in [7, 11) is 0. The summed E-state index contributed by atoms with van der Waals surface area (Å²) in [4.78, 5) is 0. The first kappa shape index (κ1) is 11.5. The van der Waals surface area contributed by atoms with Crippen molar-refractivity contribution in [3.8, 4) is 0 Å². The number of halogens is 3. The summed E-state index contributed by atoms with van der Waals surface area (Å²) in [5, 5.41) is 0. The van der Waals surface area contributed by atoms with Crippen molar-refractivity contribution in [3.63, 3.8) is 0 Å². The van der Waals surface area contributed by atoms with Crippen LogP contribution in [0.25, 0.3) is 0 Å². The van der Waals surface area contributed by atoms with Gasteiger partial charge in [0.15, 0.2) is 0 Å². The summed E-state index contributed by atoms with van der Waals surface area (Å²) in [6, 6.07) is 5.35. The molecule has 1 aromatic carbocycles. The van der Waals surface area contributed by atoms with E-state index in [4.69, 9.17) is 4.74 Å². The van der Waals surface area contributed by atoms with Crippen molar-refractivity contribution in [1.82, 2.24) is 0 Å². The van der Waals surface area contributed by atoms with Gasteiger partial charge in [-0.15, -0.1) is 0 Å². The van der Waals surface area contributed by atoms with Gasteiger partial charge in [-0.3, -0.25) is 0 Å². The molecule has 16 heavy (non-hydrogen) atoms. The van der Waals surface area contributed by atoms with E-state index in [0.717, 1.165) is 30.5 Å². The maximum Gasteiger partial charge on any atom is 0.416 e. The molecule has 1 radical (unpaired) electrons. The number of benzene rings is 1. The third-order valence-corrected chi connectivity index (χ3v) is 2.76. The van der Waals surface area contributed by atoms with Crippen LogP contribution in [0.2, 0.25) is 0 Å². The molecule has 1 saturated heterocycles. The molecule has 1 atom stereocenters. The second-order valence-corrected chi connectivity index (χ2v) is 3.89. The zero-order valence-electron chi connectivity index (χ0n) is 8.63. The summed E-state index contributed by atoms with van der Waals surface area (Å²) in [5.41, 5.74) is 0.320. The van der Waals surface area contributed by atoms with E-state index in [1.54, 1.807) is 18.7 Å². The van der Waals surface area contributed by atoms with Crippen LogP contribution in [-0.4, -0.2) is 6.61 Å².